The standard InChI is InChI=1S/C16H27N5O2S/c1-5-17-13(22)11-6-7-16(4,15(11,2)3)14(23)18-8-9-24-12-10-19-21-20-12/h10-11H,5-9H2,1-4H3,(H,17,22)(H,18,23)(H,19,20,21)/t11-,16+/m1/s1. The van der Waals surface area contributed by atoms with Crippen LogP contribution in [0.15, 0.2) is 11.2 Å². The number of hydrogen-bond acceptors (Lipinski definition) is 5. The molecule has 1 heterocycles. The first-order chi connectivity index (χ1) is 11.3. The van der Waals surface area contributed by atoms with E-state index in [9.17, 15) is 9.59 Å². The van der Waals surface area contributed by atoms with Crippen LogP contribution in [0.2, 0.25) is 0 Å². The summed E-state index contributed by atoms with van der Waals surface area (Å²) in [6.07, 6.45) is 3.13. The van der Waals surface area contributed by atoms with Gasteiger partial charge in [-0.2, -0.15) is 10.3 Å². The Kier molecular flexibility index (Phi) is 5.90. The minimum atomic E-state index is -0.540. The van der Waals surface area contributed by atoms with Crippen LogP contribution in [-0.4, -0.2) is 46.1 Å². The molecule has 0 bridgehead atoms. The molecule has 1 saturated carbocycles. The van der Waals surface area contributed by atoms with Crippen LogP contribution >= 0.6 is 11.8 Å². The first-order valence-corrected chi connectivity index (χ1v) is 9.36. The number of H-pyrrole nitrogens is 1. The number of aromatic amines is 1. The van der Waals surface area contributed by atoms with Gasteiger partial charge in [0.2, 0.25) is 11.8 Å². The van der Waals surface area contributed by atoms with Crippen LogP contribution < -0.4 is 10.6 Å². The van der Waals surface area contributed by atoms with E-state index in [1.807, 2.05) is 27.7 Å². The molecule has 134 valence electrons. The van der Waals surface area contributed by atoms with E-state index in [0.717, 1.165) is 23.6 Å². The Morgan fingerprint density at radius 2 is 2.12 bits per heavy atom. The Bertz CT molecular complexity index is 575. The number of rotatable bonds is 7. The van der Waals surface area contributed by atoms with E-state index in [0.29, 0.717) is 13.1 Å². The van der Waals surface area contributed by atoms with Crippen LogP contribution in [0.4, 0.5) is 0 Å². The Hall–Kier alpha value is -1.57. The van der Waals surface area contributed by atoms with Gasteiger partial charge in [0.1, 0.15) is 5.03 Å². The van der Waals surface area contributed by atoms with Crippen LogP contribution in [0.25, 0.3) is 0 Å². The van der Waals surface area contributed by atoms with Gasteiger partial charge in [-0.15, -0.1) is 16.9 Å². The van der Waals surface area contributed by atoms with E-state index >= 15 is 0 Å². The first kappa shape index (κ1) is 18.8. The predicted molar refractivity (Wildman–Crippen MR) is 93.4 cm³/mol. The summed E-state index contributed by atoms with van der Waals surface area (Å²) in [7, 11) is 0. The van der Waals surface area contributed by atoms with Gasteiger partial charge in [-0.1, -0.05) is 20.8 Å². The third-order valence-electron chi connectivity index (χ3n) is 5.43. The molecule has 0 radical (unpaired) electrons. The van der Waals surface area contributed by atoms with Gasteiger partial charge in [0.15, 0.2) is 0 Å². The van der Waals surface area contributed by atoms with Crippen molar-refractivity contribution in [2.24, 2.45) is 16.7 Å². The summed E-state index contributed by atoms with van der Waals surface area (Å²) in [4.78, 5) is 25.1. The maximum atomic E-state index is 12.8. The van der Waals surface area contributed by atoms with Crippen LogP contribution in [0, 0.1) is 16.7 Å². The van der Waals surface area contributed by atoms with Crippen LogP contribution in [0.5, 0.6) is 0 Å². The maximum Gasteiger partial charge on any atom is 0.226 e. The molecule has 0 saturated heterocycles. The summed E-state index contributed by atoms with van der Waals surface area (Å²) in [6.45, 7) is 9.14. The maximum absolute atomic E-state index is 12.8. The molecular formula is C16H27N5O2S. The monoisotopic (exact) mass is 353 g/mol. The van der Waals surface area contributed by atoms with Crippen LogP contribution in [-0.2, 0) is 9.59 Å². The average molecular weight is 353 g/mol. The number of aromatic nitrogens is 3. The van der Waals surface area contributed by atoms with Gasteiger partial charge in [-0.05, 0) is 25.2 Å². The summed E-state index contributed by atoms with van der Waals surface area (Å²) in [6, 6.07) is 0. The minimum Gasteiger partial charge on any atom is -0.356 e. The zero-order chi connectivity index (χ0) is 17.8. The van der Waals surface area contributed by atoms with Crippen molar-refractivity contribution in [1.82, 2.24) is 26.0 Å². The summed E-state index contributed by atoms with van der Waals surface area (Å²) in [5, 5.41) is 17.0. The molecule has 0 spiro atoms. The Morgan fingerprint density at radius 3 is 2.75 bits per heavy atom. The highest BCUT2D eigenvalue weighted by atomic mass is 32.2. The molecular weight excluding hydrogens is 326 g/mol. The zero-order valence-corrected chi connectivity index (χ0v) is 15.6. The Morgan fingerprint density at radius 1 is 1.38 bits per heavy atom. The molecule has 0 unspecified atom stereocenters. The molecule has 0 aliphatic heterocycles. The van der Waals surface area contributed by atoms with E-state index in [1.165, 1.54) is 11.8 Å². The van der Waals surface area contributed by atoms with Crippen molar-refractivity contribution < 1.29 is 9.59 Å². The molecule has 1 fully saturated rings. The fourth-order valence-corrected chi connectivity index (χ4v) is 4.08. The quantitative estimate of drug-likeness (QED) is 0.511. The summed E-state index contributed by atoms with van der Waals surface area (Å²) in [5.41, 5.74) is -0.920. The number of nitrogens with zero attached hydrogens (tertiary/aromatic N) is 2. The second-order valence-electron chi connectivity index (χ2n) is 6.95. The van der Waals surface area contributed by atoms with Crippen molar-refractivity contribution >= 4 is 23.6 Å². The third kappa shape index (κ3) is 3.58. The van der Waals surface area contributed by atoms with E-state index in [2.05, 4.69) is 26.0 Å². The lowest BCUT2D eigenvalue weighted by Gasteiger charge is -2.39. The molecule has 1 aliphatic carbocycles. The summed E-state index contributed by atoms with van der Waals surface area (Å²) >= 11 is 1.54. The number of thioether (sulfide) groups is 1. The molecule has 0 aromatic carbocycles. The molecule has 2 amide bonds. The van der Waals surface area contributed by atoms with Crippen molar-refractivity contribution in [2.75, 3.05) is 18.8 Å². The highest BCUT2D eigenvalue weighted by Crippen LogP contribution is 2.56. The van der Waals surface area contributed by atoms with Crippen molar-refractivity contribution in [3.63, 3.8) is 0 Å². The molecule has 7 nitrogen and oxygen atoms in total. The van der Waals surface area contributed by atoms with Crippen molar-refractivity contribution in [2.45, 2.75) is 45.6 Å². The average Bonchev–Trinajstić information content (AvgIpc) is 3.11. The van der Waals surface area contributed by atoms with Gasteiger partial charge in [0.25, 0.3) is 0 Å². The first-order valence-electron chi connectivity index (χ1n) is 8.37. The molecule has 2 atom stereocenters. The second kappa shape index (κ2) is 7.55. The van der Waals surface area contributed by atoms with Gasteiger partial charge < -0.3 is 10.6 Å². The molecule has 1 aromatic rings. The summed E-state index contributed by atoms with van der Waals surface area (Å²) in [5.74, 6) is 0.688. The fourth-order valence-electron chi connectivity index (χ4n) is 3.44. The molecule has 1 aromatic heterocycles. The Balaban J connectivity index is 1.91. The lowest BCUT2D eigenvalue weighted by molar-refractivity contribution is -0.138. The van der Waals surface area contributed by atoms with Gasteiger partial charge in [-0.25, -0.2) is 0 Å². The molecule has 24 heavy (non-hydrogen) atoms. The summed E-state index contributed by atoms with van der Waals surface area (Å²) < 4.78 is 0. The number of nitrogens with one attached hydrogen (secondary N) is 3. The molecule has 8 heteroatoms. The van der Waals surface area contributed by atoms with E-state index in [1.54, 1.807) is 6.20 Å². The normalized spacial score (nSPS) is 25.4. The van der Waals surface area contributed by atoms with Gasteiger partial charge in [0.05, 0.1) is 11.6 Å². The molecule has 2 rings (SSSR count). The number of hydrogen-bond donors (Lipinski definition) is 3. The smallest absolute Gasteiger partial charge is 0.226 e. The minimum absolute atomic E-state index is 0.0278. The van der Waals surface area contributed by atoms with E-state index in [4.69, 9.17) is 0 Å². The number of carbonyl (C=O) groups excluding carboxylic acids is 2. The Labute approximate surface area is 147 Å². The van der Waals surface area contributed by atoms with Crippen molar-refractivity contribution in [3.8, 4) is 0 Å². The lowest BCUT2D eigenvalue weighted by Crippen LogP contribution is -2.49. The third-order valence-corrected chi connectivity index (χ3v) is 6.33. The zero-order valence-electron chi connectivity index (χ0n) is 14.8. The van der Waals surface area contributed by atoms with Gasteiger partial charge in [-0.3, -0.25) is 9.59 Å². The van der Waals surface area contributed by atoms with Gasteiger partial charge in [0, 0.05) is 24.8 Å². The largest absolute Gasteiger partial charge is 0.356 e. The number of amides is 2. The highest BCUT2D eigenvalue weighted by Gasteiger charge is 2.57. The van der Waals surface area contributed by atoms with Crippen molar-refractivity contribution in [1.29, 1.82) is 0 Å². The lowest BCUT2D eigenvalue weighted by atomic mass is 9.65. The van der Waals surface area contributed by atoms with Crippen molar-refractivity contribution in [3.05, 3.63) is 6.20 Å². The topological polar surface area (TPSA) is 99.8 Å². The van der Waals surface area contributed by atoms with E-state index < -0.39 is 5.41 Å². The van der Waals surface area contributed by atoms with Crippen LogP contribution in [0.1, 0.15) is 40.5 Å². The van der Waals surface area contributed by atoms with E-state index in [-0.39, 0.29) is 23.1 Å². The van der Waals surface area contributed by atoms with Gasteiger partial charge >= 0.3 is 0 Å². The predicted octanol–water partition coefficient (Wildman–Crippen LogP) is 1.59. The number of carbonyl (C=O) groups is 2. The molecule has 1 aliphatic rings. The van der Waals surface area contributed by atoms with Crippen LogP contribution in [0.3, 0.4) is 0 Å². The highest BCUT2D eigenvalue weighted by molar-refractivity contribution is 7.99. The second-order valence-corrected chi connectivity index (χ2v) is 8.07. The fraction of sp³-hybridized carbons (Fsp3) is 0.750. The SMILES string of the molecule is CCNC(=O)[C@H]1CC[C@@](C)(C(=O)NCCSc2cn[nH]n2)C1(C)C. The molecule has 3 N–H and O–H groups in total.